The molecule has 14 heavy (non-hydrogen) atoms. The van der Waals surface area contributed by atoms with Gasteiger partial charge in [0, 0.05) is 5.56 Å². The van der Waals surface area contributed by atoms with Gasteiger partial charge >= 0.3 is 0 Å². The Morgan fingerprint density at radius 3 is 2.71 bits per heavy atom. The molecule has 1 aromatic carbocycles. The van der Waals surface area contributed by atoms with Gasteiger partial charge in [0.15, 0.2) is 0 Å². The van der Waals surface area contributed by atoms with Crippen molar-refractivity contribution >= 4 is 0 Å². The number of rotatable bonds is 4. The topological polar surface area (TPSA) is 9.23 Å². The zero-order valence-electron chi connectivity index (χ0n) is 8.39. The highest BCUT2D eigenvalue weighted by Crippen LogP contribution is 2.12. The predicted octanol–water partition coefficient (Wildman–Crippen LogP) is 3.28. The summed E-state index contributed by atoms with van der Waals surface area (Å²) in [6, 6.07) is 3.38. The predicted molar refractivity (Wildman–Crippen MR) is 50.9 cm³/mol. The van der Waals surface area contributed by atoms with Crippen molar-refractivity contribution < 1.29 is 13.5 Å². The van der Waals surface area contributed by atoms with E-state index in [0.29, 0.717) is 0 Å². The van der Waals surface area contributed by atoms with E-state index in [1.165, 1.54) is 0 Å². The highest BCUT2D eigenvalue weighted by atomic mass is 19.1. The van der Waals surface area contributed by atoms with Crippen LogP contribution in [0.1, 0.15) is 25.8 Å². The first-order chi connectivity index (χ1) is 6.63. The first-order valence-electron chi connectivity index (χ1n) is 4.69. The van der Waals surface area contributed by atoms with Gasteiger partial charge in [-0.2, -0.15) is 0 Å². The van der Waals surface area contributed by atoms with Crippen molar-refractivity contribution in [1.29, 1.82) is 0 Å². The average molecular weight is 200 g/mol. The monoisotopic (exact) mass is 200 g/mol. The molecule has 1 unspecified atom stereocenters. The Bertz CT molecular complexity index is 299. The molecule has 1 nitrogen and oxygen atoms in total. The summed E-state index contributed by atoms with van der Waals surface area (Å²) in [7, 11) is 0. The summed E-state index contributed by atoms with van der Waals surface area (Å²) in [5, 5.41) is 0. The van der Waals surface area contributed by atoms with Crippen molar-refractivity contribution in [3.8, 4) is 0 Å². The Balaban J connectivity index is 2.62. The van der Waals surface area contributed by atoms with Gasteiger partial charge < -0.3 is 4.74 Å². The van der Waals surface area contributed by atoms with E-state index < -0.39 is 11.6 Å². The highest BCUT2D eigenvalue weighted by Gasteiger charge is 2.05. The molecule has 1 aromatic rings. The summed E-state index contributed by atoms with van der Waals surface area (Å²) in [6.07, 6.45) is 0.925. The molecule has 0 saturated carbocycles. The smallest absolute Gasteiger partial charge is 0.128 e. The van der Waals surface area contributed by atoms with E-state index in [4.69, 9.17) is 4.74 Å². The van der Waals surface area contributed by atoms with Crippen LogP contribution >= 0.6 is 0 Å². The molecule has 0 bridgehead atoms. The van der Waals surface area contributed by atoms with Gasteiger partial charge in [-0.15, -0.1) is 0 Å². The molecule has 0 fully saturated rings. The highest BCUT2D eigenvalue weighted by molar-refractivity contribution is 5.17. The Morgan fingerprint density at radius 1 is 1.36 bits per heavy atom. The fourth-order valence-corrected chi connectivity index (χ4v) is 1.00. The Morgan fingerprint density at radius 2 is 2.07 bits per heavy atom. The lowest BCUT2D eigenvalue weighted by molar-refractivity contribution is 0.0491. The van der Waals surface area contributed by atoms with E-state index in [-0.39, 0.29) is 18.3 Å². The Hall–Kier alpha value is -0.960. The van der Waals surface area contributed by atoms with Crippen molar-refractivity contribution in [3.63, 3.8) is 0 Å². The molecule has 0 aliphatic carbocycles. The second-order valence-corrected chi connectivity index (χ2v) is 3.27. The second kappa shape index (κ2) is 5.05. The maximum atomic E-state index is 13.1. The van der Waals surface area contributed by atoms with E-state index in [0.717, 1.165) is 24.6 Å². The molecule has 0 radical (unpaired) electrons. The second-order valence-electron chi connectivity index (χ2n) is 3.27. The fourth-order valence-electron chi connectivity index (χ4n) is 1.00. The Labute approximate surface area is 82.7 Å². The lowest BCUT2D eigenvalue weighted by Crippen LogP contribution is -2.07. The summed E-state index contributed by atoms with van der Waals surface area (Å²) in [6.45, 7) is 4.00. The molecule has 0 aromatic heterocycles. The molecule has 78 valence electrons. The fraction of sp³-hybridized carbons (Fsp3) is 0.455. The lowest BCUT2D eigenvalue weighted by atomic mass is 10.2. The standard InChI is InChI=1S/C11H14F2O/c1-3-8(2)14-7-9-6-10(12)4-5-11(9)13/h4-6,8H,3,7H2,1-2H3. The average Bonchev–Trinajstić information content (AvgIpc) is 2.19. The van der Waals surface area contributed by atoms with Gasteiger partial charge in [-0.05, 0) is 31.5 Å². The lowest BCUT2D eigenvalue weighted by Gasteiger charge is -2.10. The normalized spacial score (nSPS) is 12.9. The number of halogens is 2. The molecule has 1 atom stereocenters. The largest absolute Gasteiger partial charge is 0.374 e. The van der Waals surface area contributed by atoms with Crippen LogP contribution in [0.15, 0.2) is 18.2 Å². The van der Waals surface area contributed by atoms with Gasteiger partial charge in [-0.3, -0.25) is 0 Å². The van der Waals surface area contributed by atoms with Gasteiger partial charge in [-0.1, -0.05) is 6.92 Å². The minimum Gasteiger partial charge on any atom is -0.374 e. The zero-order chi connectivity index (χ0) is 10.6. The molecule has 0 aliphatic rings. The first-order valence-corrected chi connectivity index (χ1v) is 4.69. The number of ether oxygens (including phenoxy) is 1. The third-order valence-electron chi connectivity index (χ3n) is 2.11. The molecular weight excluding hydrogens is 186 g/mol. The summed E-state index contributed by atoms with van der Waals surface area (Å²) in [4.78, 5) is 0. The minimum absolute atomic E-state index is 0.0673. The molecule has 3 heteroatoms. The maximum Gasteiger partial charge on any atom is 0.128 e. The number of hydrogen-bond acceptors (Lipinski definition) is 1. The number of hydrogen-bond donors (Lipinski definition) is 0. The van der Waals surface area contributed by atoms with Crippen LogP contribution < -0.4 is 0 Å². The molecule has 0 heterocycles. The molecule has 0 aliphatic heterocycles. The van der Waals surface area contributed by atoms with Gasteiger partial charge in [0.25, 0.3) is 0 Å². The molecule has 0 N–H and O–H groups in total. The van der Waals surface area contributed by atoms with Crippen LogP contribution in [0.4, 0.5) is 8.78 Å². The van der Waals surface area contributed by atoms with Crippen LogP contribution in [-0.4, -0.2) is 6.10 Å². The van der Waals surface area contributed by atoms with Crippen molar-refractivity contribution in [2.24, 2.45) is 0 Å². The summed E-state index contributed by atoms with van der Waals surface area (Å²) in [5.74, 6) is -0.858. The summed E-state index contributed by atoms with van der Waals surface area (Å²) >= 11 is 0. The molecule has 0 spiro atoms. The summed E-state index contributed by atoms with van der Waals surface area (Å²) in [5.41, 5.74) is 0.269. The SMILES string of the molecule is CCC(C)OCc1cc(F)ccc1F. The zero-order valence-corrected chi connectivity index (χ0v) is 8.39. The van der Waals surface area contributed by atoms with E-state index in [9.17, 15) is 8.78 Å². The van der Waals surface area contributed by atoms with Crippen LogP contribution in [-0.2, 0) is 11.3 Å². The van der Waals surface area contributed by atoms with E-state index in [1.54, 1.807) is 0 Å². The van der Waals surface area contributed by atoms with Crippen LogP contribution in [0, 0.1) is 11.6 Å². The molecule has 0 amide bonds. The van der Waals surface area contributed by atoms with E-state index >= 15 is 0 Å². The van der Waals surface area contributed by atoms with Crippen molar-refractivity contribution in [2.45, 2.75) is 33.0 Å². The third kappa shape index (κ3) is 3.07. The molecule has 1 rings (SSSR count). The molecule has 0 saturated heterocycles. The van der Waals surface area contributed by atoms with Crippen molar-refractivity contribution in [3.05, 3.63) is 35.4 Å². The van der Waals surface area contributed by atoms with Crippen molar-refractivity contribution in [2.75, 3.05) is 0 Å². The van der Waals surface area contributed by atoms with Gasteiger partial charge in [0.2, 0.25) is 0 Å². The van der Waals surface area contributed by atoms with Gasteiger partial charge in [-0.25, -0.2) is 8.78 Å². The third-order valence-corrected chi connectivity index (χ3v) is 2.11. The van der Waals surface area contributed by atoms with Crippen LogP contribution in [0.25, 0.3) is 0 Å². The molecular formula is C11H14F2O. The van der Waals surface area contributed by atoms with E-state index in [1.807, 2.05) is 13.8 Å². The Kier molecular flexibility index (Phi) is 4.01. The van der Waals surface area contributed by atoms with Crippen LogP contribution in [0.3, 0.4) is 0 Å². The quantitative estimate of drug-likeness (QED) is 0.724. The van der Waals surface area contributed by atoms with Crippen LogP contribution in [0.5, 0.6) is 0 Å². The number of benzene rings is 1. The van der Waals surface area contributed by atoms with Crippen LogP contribution in [0.2, 0.25) is 0 Å². The minimum atomic E-state index is -0.436. The van der Waals surface area contributed by atoms with Gasteiger partial charge in [0.1, 0.15) is 11.6 Å². The van der Waals surface area contributed by atoms with Crippen molar-refractivity contribution in [1.82, 2.24) is 0 Å². The van der Waals surface area contributed by atoms with E-state index in [2.05, 4.69) is 0 Å². The summed E-state index contributed by atoms with van der Waals surface area (Å²) < 4.78 is 31.1. The van der Waals surface area contributed by atoms with Gasteiger partial charge in [0.05, 0.1) is 12.7 Å². The maximum absolute atomic E-state index is 13.1. The first kappa shape index (κ1) is 11.1.